The summed E-state index contributed by atoms with van der Waals surface area (Å²) in [5.41, 5.74) is 8.92. The number of rotatable bonds is 5. The third-order valence-electron chi connectivity index (χ3n) is 5.03. The van der Waals surface area contributed by atoms with Crippen molar-refractivity contribution in [1.82, 2.24) is 9.88 Å². The van der Waals surface area contributed by atoms with Crippen LogP contribution in [0.25, 0.3) is 0 Å². The molecule has 0 saturated heterocycles. The van der Waals surface area contributed by atoms with Crippen molar-refractivity contribution in [2.24, 2.45) is 5.73 Å². The molecule has 142 valence electrons. The second-order valence-electron chi connectivity index (χ2n) is 6.69. The van der Waals surface area contributed by atoms with Gasteiger partial charge in [-0.3, -0.25) is 9.59 Å². The minimum absolute atomic E-state index is 0.133. The van der Waals surface area contributed by atoms with Crippen LogP contribution in [0.15, 0.2) is 54.0 Å². The molecule has 0 aliphatic heterocycles. The topological polar surface area (TPSA) is 76.3 Å². The van der Waals surface area contributed by atoms with Gasteiger partial charge in [0.05, 0.1) is 6.04 Å². The first-order valence-corrected chi connectivity index (χ1v) is 10.2. The number of carbonyl (C=O) groups excluding carboxylic acids is 2. The first-order valence-electron chi connectivity index (χ1n) is 8.91. The molecule has 1 heterocycles. The first kappa shape index (κ1) is 18.7. The third kappa shape index (κ3) is 3.53. The molecule has 0 saturated carbocycles. The second-order valence-corrected chi connectivity index (χ2v) is 8.02. The monoisotopic (exact) mass is 411 g/mol. The van der Waals surface area contributed by atoms with Crippen molar-refractivity contribution in [2.75, 3.05) is 0 Å². The van der Waals surface area contributed by atoms with Crippen molar-refractivity contribution in [2.45, 2.75) is 25.4 Å². The van der Waals surface area contributed by atoms with Crippen LogP contribution < -0.4 is 5.73 Å². The Hall–Kier alpha value is -2.70. The van der Waals surface area contributed by atoms with Crippen LogP contribution in [-0.2, 0) is 13.0 Å². The average Bonchev–Trinajstić information content (AvgIpc) is 3.35. The first-order chi connectivity index (χ1) is 13.5. The molecule has 4 rings (SSSR count). The summed E-state index contributed by atoms with van der Waals surface area (Å²) in [5.74, 6) is -0.667. The molecule has 5 nitrogen and oxygen atoms in total. The highest BCUT2D eigenvalue weighted by atomic mass is 35.5. The summed E-state index contributed by atoms with van der Waals surface area (Å²) in [5, 5.41) is 2.85. The van der Waals surface area contributed by atoms with E-state index in [1.54, 1.807) is 28.6 Å². The van der Waals surface area contributed by atoms with Gasteiger partial charge in [0.1, 0.15) is 0 Å². The number of halogens is 1. The quantitative estimate of drug-likeness (QED) is 0.682. The van der Waals surface area contributed by atoms with E-state index in [-0.39, 0.29) is 18.5 Å². The lowest BCUT2D eigenvalue weighted by atomic mass is 10.0. The maximum absolute atomic E-state index is 13.3. The van der Waals surface area contributed by atoms with E-state index in [4.69, 9.17) is 17.3 Å². The number of hydrogen-bond acceptors (Lipinski definition) is 4. The van der Waals surface area contributed by atoms with Crippen LogP contribution in [-0.4, -0.2) is 21.7 Å². The lowest BCUT2D eigenvalue weighted by Crippen LogP contribution is -2.34. The highest BCUT2D eigenvalue weighted by molar-refractivity contribution is 7.11. The number of primary amides is 1. The van der Waals surface area contributed by atoms with Crippen molar-refractivity contribution in [1.29, 1.82) is 0 Å². The van der Waals surface area contributed by atoms with Gasteiger partial charge in [-0.1, -0.05) is 35.9 Å². The third-order valence-corrected chi connectivity index (χ3v) is 6.03. The highest BCUT2D eigenvalue weighted by Gasteiger charge is 2.33. The minimum Gasteiger partial charge on any atom is -0.366 e. The van der Waals surface area contributed by atoms with Gasteiger partial charge >= 0.3 is 0 Å². The lowest BCUT2D eigenvalue weighted by molar-refractivity contribution is 0.0656. The smallest absolute Gasteiger partial charge is 0.283 e. The van der Waals surface area contributed by atoms with Gasteiger partial charge in [0.2, 0.25) is 5.91 Å². The number of hydrogen-bond donors (Lipinski definition) is 1. The van der Waals surface area contributed by atoms with Crippen LogP contribution in [0.1, 0.15) is 49.3 Å². The SMILES string of the molecule is NC(=O)c1ccccc1CN(C(=O)c1nccs1)[C@@H]1CCc2ccc(Cl)cc21. The highest BCUT2D eigenvalue weighted by Crippen LogP contribution is 2.39. The Morgan fingerprint density at radius 3 is 2.82 bits per heavy atom. The Morgan fingerprint density at radius 2 is 2.07 bits per heavy atom. The number of amides is 2. The molecule has 1 aliphatic carbocycles. The van der Waals surface area contributed by atoms with Crippen LogP contribution in [0.5, 0.6) is 0 Å². The summed E-state index contributed by atoms with van der Waals surface area (Å²) in [6, 6.07) is 12.8. The summed E-state index contributed by atoms with van der Waals surface area (Å²) in [4.78, 5) is 31.1. The Bertz CT molecular complexity index is 1040. The normalized spacial score (nSPS) is 15.2. The van der Waals surface area contributed by atoms with Gasteiger partial charge in [0.15, 0.2) is 5.01 Å². The fraction of sp³-hybridized carbons (Fsp3) is 0.190. The van der Waals surface area contributed by atoms with Crippen molar-refractivity contribution < 1.29 is 9.59 Å². The molecule has 3 aromatic rings. The van der Waals surface area contributed by atoms with Gasteiger partial charge in [-0.2, -0.15) is 0 Å². The second kappa shape index (κ2) is 7.73. The van der Waals surface area contributed by atoms with E-state index in [1.165, 1.54) is 16.9 Å². The molecule has 2 N–H and O–H groups in total. The molecule has 0 radical (unpaired) electrons. The zero-order valence-corrected chi connectivity index (χ0v) is 16.5. The Kier molecular flexibility index (Phi) is 5.15. The van der Waals surface area contributed by atoms with Gasteiger partial charge < -0.3 is 10.6 Å². The van der Waals surface area contributed by atoms with E-state index >= 15 is 0 Å². The van der Waals surface area contributed by atoms with Crippen LogP contribution >= 0.6 is 22.9 Å². The van der Waals surface area contributed by atoms with Crippen LogP contribution in [0.2, 0.25) is 5.02 Å². The van der Waals surface area contributed by atoms with Gasteiger partial charge in [0.25, 0.3) is 5.91 Å². The van der Waals surface area contributed by atoms with Crippen molar-refractivity contribution in [3.63, 3.8) is 0 Å². The van der Waals surface area contributed by atoms with Crippen molar-refractivity contribution >= 4 is 34.8 Å². The van der Waals surface area contributed by atoms with Crippen LogP contribution in [0.3, 0.4) is 0 Å². The van der Waals surface area contributed by atoms with Crippen LogP contribution in [0, 0.1) is 0 Å². The zero-order valence-electron chi connectivity index (χ0n) is 15.0. The molecule has 0 fully saturated rings. The van der Waals surface area contributed by atoms with E-state index in [0.29, 0.717) is 15.6 Å². The standard InChI is InChI=1S/C21H18ClN3O2S/c22-15-7-5-13-6-8-18(17(13)11-15)25(21(27)20-24-9-10-28-20)12-14-3-1-2-4-16(14)19(23)26/h1-5,7,9-11,18H,6,8,12H2,(H2,23,26)/t18-/m1/s1. The summed E-state index contributed by atoms with van der Waals surface area (Å²) in [6.45, 7) is 0.272. The molecule has 1 atom stereocenters. The fourth-order valence-electron chi connectivity index (χ4n) is 3.73. The predicted octanol–water partition coefficient (Wildman–Crippen LogP) is 4.23. The number of nitrogens with two attached hydrogens (primary N) is 1. The number of nitrogens with zero attached hydrogens (tertiary/aromatic N) is 2. The van der Waals surface area contributed by atoms with Gasteiger partial charge in [-0.05, 0) is 47.7 Å². The Labute approximate surface area is 171 Å². The lowest BCUT2D eigenvalue weighted by Gasteiger charge is -2.30. The Morgan fingerprint density at radius 1 is 1.25 bits per heavy atom. The molecule has 7 heteroatoms. The largest absolute Gasteiger partial charge is 0.366 e. The number of aromatic nitrogens is 1. The molecular weight excluding hydrogens is 394 g/mol. The summed E-state index contributed by atoms with van der Waals surface area (Å²) >= 11 is 7.53. The fourth-order valence-corrected chi connectivity index (χ4v) is 4.50. The number of aryl methyl sites for hydroxylation is 1. The molecule has 2 aromatic carbocycles. The van der Waals surface area contributed by atoms with Crippen molar-refractivity contribution in [3.05, 3.63) is 86.3 Å². The molecule has 0 bridgehead atoms. The Balaban J connectivity index is 1.76. The average molecular weight is 412 g/mol. The minimum atomic E-state index is -0.507. The predicted molar refractivity (Wildman–Crippen MR) is 109 cm³/mol. The molecule has 1 aromatic heterocycles. The van der Waals surface area contributed by atoms with E-state index in [9.17, 15) is 9.59 Å². The summed E-state index contributed by atoms with van der Waals surface area (Å²) in [6.07, 6.45) is 3.29. The van der Waals surface area contributed by atoms with Gasteiger partial charge in [0, 0.05) is 28.7 Å². The number of thiazole rings is 1. The van der Waals surface area contributed by atoms with E-state index in [2.05, 4.69) is 4.98 Å². The summed E-state index contributed by atoms with van der Waals surface area (Å²) in [7, 11) is 0. The molecule has 2 amide bonds. The molecule has 1 aliphatic rings. The summed E-state index contributed by atoms with van der Waals surface area (Å²) < 4.78 is 0. The zero-order chi connectivity index (χ0) is 19.7. The molecule has 0 spiro atoms. The van der Waals surface area contributed by atoms with Gasteiger partial charge in [-0.15, -0.1) is 11.3 Å². The van der Waals surface area contributed by atoms with Crippen LogP contribution in [0.4, 0.5) is 0 Å². The van der Waals surface area contributed by atoms with E-state index in [1.807, 2.05) is 30.3 Å². The maximum Gasteiger partial charge on any atom is 0.283 e. The molecule has 28 heavy (non-hydrogen) atoms. The number of benzene rings is 2. The maximum atomic E-state index is 13.3. The molecule has 0 unspecified atom stereocenters. The number of carbonyl (C=O) groups is 2. The van der Waals surface area contributed by atoms with E-state index < -0.39 is 5.91 Å². The van der Waals surface area contributed by atoms with E-state index in [0.717, 1.165) is 24.0 Å². The molecular formula is C21H18ClN3O2S. The van der Waals surface area contributed by atoms with Crippen molar-refractivity contribution in [3.8, 4) is 0 Å². The number of fused-ring (bicyclic) bond motifs is 1. The van der Waals surface area contributed by atoms with Gasteiger partial charge in [-0.25, -0.2) is 4.98 Å².